The molecular weight excluding hydrogens is 889 g/mol. The zero-order valence-electron chi connectivity index (χ0n) is 48.5. The molecule has 0 aliphatic heterocycles. The van der Waals surface area contributed by atoms with Gasteiger partial charge in [0.15, 0.2) is 6.10 Å². The molecule has 0 bridgehead atoms. The third-order valence-corrected chi connectivity index (χ3v) is 14.4. The molecule has 0 aliphatic rings. The van der Waals surface area contributed by atoms with Gasteiger partial charge in [0.25, 0.3) is 0 Å². The Labute approximate surface area is 448 Å². The molecule has 0 aromatic heterocycles. The monoisotopic (exact) mass is 1010 g/mol. The average molecular weight is 1010 g/mol. The number of carbonyl (C=O) groups is 3. The lowest BCUT2D eigenvalue weighted by molar-refractivity contribution is -0.167. The molecule has 0 aliphatic carbocycles. The summed E-state index contributed by atoms with van der Waals surface area (Å²) in [5.74, 6) is -0.847. The number of ether oxygens (including phenoxy) is 3. The highest BCUT2D eigenvalue weighted by Gasteiger charge is 2.19. The van der Waals surface area contributed by atoms with Crippen LogP contribution in [0.2, 0.25) is 0 Å². The van der Waals surface area contributed by atoms with E-state index >= 15 is 0 Å². The lowest BCUT2D eigenvalue weighted by Gasteiger charge is -2.18. The fourth-order valence-corrected chi connectivity index (χ4v) is 9.57. The van der Waals surface area contributed by atoms with E-state index in [-0.39, 0.29) is 31.1 Å². The van der Waals surface area contributed by atoms with Gasteiger partial charge in [0.2, 0.25) is 0 Å². The number of rotatable bonds is 59. The Morgan fingerprint density at radius 2 is 0.500 bits per heavy atom. The highest BCUT2D eigenvalue weighted by molar-refractivity contribution is 5.71. The molecule has 0 saturated heterocycles. The lowest BCUT2D eigenvalue weighted by Crippen LogP contribution is -2.30. The summed E-state index contributed by atoms with van der Waals surface area (Å²) >= 11 is 0. The van der Waals surface area contributed by atoms with Crippen LogP contribution in [0.25, 0.3) is 0 Å². The minimum Gasteiger partial charge on any atom is -0.462 e. The molecule has 0 fully saturated rings. The molecule has 0 aromatic rings. The molecule has 0 heterocycles. The number of hydrogen-bond donors (Lipinski definition) is 0. The molecule has 0 N–H and O–H groups in total. The van der Waals surface area contributed by atoms with Gasteiger partial charge in [-0.25, -0.2) is 0 Å². The van der Waals surface area contributed by atoms with Crippen LogP contribution < -0.4 is 0 Å². The summed E-state index contributed by atoms with van der Waals surface area (Å²) in [5.41, 5.74) is 0. The standard InChI is InChI=1S/C66H122O6/c1-4-7-10-13-16-19-22-25-27-29-30-31-32-33-34-35-36-37-39-41-44-47-50-53-56-59-65(68)71-62-63(61-70-64(67)58-55-52-49-46-43-40-24-21-18-15-12-9-6-3)72-66(69)60-57-54-51-48-45-42-38-28-26-23-20-17-14-11-8-5-2/h22,25,29-30,32-33,63H,4-21,23-24,26-28,31,34-62H2,1-3H3/b25-22-,30-29-,33-32-. The maximum Gasteiger partial charge on any atom is 0.306 e. The van der Waals surface area contributed by atoms with Gasteiger partial charge in [-0.2, -0.15) is 0 Å². The van der Waals surface area contributed by atoms with Crippen molar-refractivity contribution in [3.63, 3.8) is 0 Å². The number of unbranched alkanes of at least 4 members (excludes halogenated alkanes) is 42. The van der Waals surface area contributed by atoms with E-state index in [0.29, 0.717) is 19.3 Å². The number of esters is 3. The predicted molar refractivity (Wildman–Crippen MR) is 312 cm³/mol. The van der Waals surface area contributed by atoms with E-state index in [4.69, 9.17) is 14.2 Å². The first-order valence-electron chi connectivity index (χ1n) is 32.0. The molecule has 0 spiro atoms. The summed E-state index contributed by atoms with van der Waals surface area (Å²) in [6.07, 6.45) is 74.3. The first kappa shape index (κ1) is 69.6. The van der Waals surface area contributed by atoms with Gasteiger partial charge in [-0.15, -0.1) is 0 Å². The minimum absolute atomic E-state index is 0.0675. The second-order valence-corrected chi connectivity index (χ2v) is 21.7. The van der Waals surface area contributed by atoms with Crippen molar-refractivity contribution >= 4 is 17.9 Å². The largest absolute Gasteiger partial charge is 0.462 e. The molecule has 6 nitrogen and oxygen atoms in total. The van der Waals surface area contributed by atoms with Crippen molar-refractivity contribution in [2.45, 2.75) is 354 Å². The van der Waals surface area contributed by atoms with Crippen molar-refractivity contribution in [1.82, 2.24) is 0 Å². The molecule has 0 saturated carbocycles. The second kappa shape index (κ2) is 61.2. The van der Waals surface area contributed by atoms with Gasteiger partial charge in [0, 0.05) is 19.3 Å². The molecule has 1 unspecified atom stereocenters. The van der Waals surface area contributed by atoms with Crippen LogP contribution >= 0.6 is 0 Å². The number of hydrogen-bond acceptors (Lipinski definition) is 6. The van der Waals surface area contributed by atoms with Gasteiger partial charge in [-0.3, -0.25) is 14.4 Å². The maximum atomic E-state index is 12.9. The second-order valence-electron chi connectivity index (χ2n) is 21.7. The number of carbonyl (C=O) groups excluding carboxylic acids is 3. The molecule has 0 rings (SSSR count). The summed E-state index contributed by atoms with van der Waals surface area (Å²) in [5, 5.41) is 0. The third kappa shape index (κ3) is 58.5. The summed E-state index contributed by atoms with van der Waals surface area (Å²) in [7, 11) is 0. The minimum atomic E-state index is -0.769. The molecule has 422 valence electrons. The summed E-state index contributed by atoms with van der Waals surface area (Å²) in [6.45, 7) is 6.68. The highest BCUT2D eigenvalue weighted by atomic mass is 16.6. The quantitative estimate of drug-likeness (QED) is 0.0261. The lowest BCUT2D eigenvalue weighted by atomic mass is 10.0. The first-order valence-corrected chi connectivity index (χ1v) is 32.0. The van der Waals surface area contributed by atoms with Crippen molar-refractivity contribution in [3.05, 3.63) is 36.5 Å². The average Bonchev–Trinajstić information content (AvgIpc) is 3.38. The Morgan fingerprint density at radius 3 is 0.778 bits per heavy atom. The van der Waals surface area contributed by atoms with Gasteiger partial charge < -0.3 is 14.2 Å². The molecule has 0 aromatic carbocycles. The van der Waals surface area contributed by atoms with Crippen LogP contribution in [0, 0.1) is 0 Å². The van der Waals surface area contributed by atoms with Gasteiger partial charge in [-0.05, 0) is 57.8 Å². The fraction of sp³-hybridized carbons (Fsp3) is 0.864. The Morgan fingerprint density at radius 1 is 0.278 bits per heavy atom. The van der Waals surface area contributed by atoms with E-state index in [1.54, 1.807) is 0 Å². The van der Waals surface area contributed by atoms with Crippen molar-refractivity contribution < 1.29 is 28.6 Å². The summed E-state index contributed by atoms with van der Waals surface area (Å²) in [4.78, 5) is 38.3. The van der Waals surface area contributed by atoms with E-state index in [1.807, 2.05) is 0 Å². The highest BCUT2D eigenvalue weighted by Crippen LogP contribution is 2.17. The van der Waals surface area contributed by atoms with Crippen molar-refractivity contribution in [3.8, 4) is 0 Å². The van der Waals surface area contributed by atoms with E-state index in [2.05, 4.69) is 57.2 Å². The topological polar surface area (TPSA) is 78.9 Å². The SMILES string of the molecule is CCCCCCC/C=C\C/C=C\C/C=C\CCCCCCCCCCCCC(=O)OCC(COC(=O)CCCCCCCCCCCCCCC)OC(=O)CCCCCCCCCCCCCCCCCC. The zero-order valence-corrected chi connectivity index (χ0v) is 48.5. The molecule has 6 heteroatoms. The van der Waals surface area contributed by atoms with Gasteiger partial charge in [0.1, 0.15) is 13.2 Å². The number of allylic oxidation sites excluding steroid dienone is 6. The van der Waals surface area contributed by atoms with E-state index in [1.165, 1.54) is 238 Å². The molecule has 72 heavy (non-hydrogen) atoms. The van der Waals surface area contributed by atoms with Crippen LogP contribution in [0.1, 0.15) is 348 Å². The van der Waals surface area contributed by atoms with Gasteiger partial charge >= 0.3 is 17.9 Å². The molecule has 1 atom stereocenters. The van der Waals surface area contributed by atoms with Crippen molar-refractivity contribution in [2.75, 3.05) is 13.2 Å². The zero-order chi connectivity index (χ0) is 52.2. The van der Waals surface area contributed by atoms with Crippen LogP contribution in [0.3, 0.4) is 0 Å². The summed E-state index contributed by atoms with van der Waals surface area (Å²) < 4.78 is 16.9. The summed E-state index contributed by atoms with van der Waals surface area (Å²) in [6, 6.07) is 0. The van der Waals surface area contributed by atoms with E-state index in [0.717, 1.165) is 70.6 Å². The smallest absolute Gasteiger partial charge is 0.306 e. The van der Waals surface area contributed by atoms with Crippen LogP contribution in [0.4, 0.5) is 0 Å². The normalized spacial score (nSPS) is 12.2. The first-order chi connectivity index (χ1) is 35.5. The molecule has 0 amide bonds. The fourth-order valence-electron chi connectivity index (χ4n) is 9.57. The van der Waals surface area contributed by atoms with E-state index < -0.39 is 6.10 Å². The Balaban J connectivity index is 4.26. The Hall–Kier alpha value is -2.37. The maximum absolute atomic E-state index is 12.9. The van der Waals surface area contributed by atoms with Crippen molar-refractivity contribution in [2.24, 2.45) is 0 Å². The third-order valence-electron chi connectivity index (χ3n) is 14.4. The van der Waals surface area contributed by atoms with Crippen LogP contribution in [0.15, 0.2) is 36.5 Å². The van der Waals surface area contributed by atoms with Crippen LogP contribution in [-0.2, 0) is 28.6 Å². The van der Waals surface area contributed by atoms with Crippen LogP contribution in [-0.4, -0.2) is 37.2 Å². The van der Waals surface area contributed by atoms with Crippen molar-refractivity contribution in [1.29, 1.82) is 0 Å². The molecule has 0 radical (unpaired) electrons. The predicted octanol–water partition coefficient (Wildman–Crippen LogP) is 21.6. The van der Waals surface area contributed by atoms with E-state index in [9.17, 15) is 14.4 Å². The Bertz CT molecular complexity index is 1210. The van der Waals surface area contributed by atoms with Gasteiger partial charge in [-0.1, -0.05) is 308 Å². The van der Waals surface area contributed by atoms with Crippen LogP contribution in [0.5, 0.6) is 0 Å². The Kier molecular flexibility index (Phi) is 59.2. The molecular formula is C66H122O6. The van der Waals surface area contributed by atoms with Gasteiger partial charge in [0.05, 0.1) is 0 Å².